The van der Waals surface area contributed by atoms with Gasteiger partial charge in [0.25, 0.3) is 10.0 Å². The molecular formula is C24H23ClN4O4S3. The number of piperidine rings is 1. The second-order valence-electron chi connectivity index (χ2n) is 8.34. The van der Waals surface area contributed by atoms with Crippen molar-refractivity contribution in [3.05, 3.63) is 64.8 Å². The third-order valence-electron chi connectivity index (χ3n) is 6.00. The van der Waals surface area contributed by atoms with E-state index in [0.717, 1.165) is 27.2 Å². The van der Waals surface area contributed by atoms with Gasteiger partial charge in [0.2, 0.25) is 5.91 Å². The summed E-state index contributed by atoms with van der Waals surface area (Å²) < 4.78 is 34.6. The number of sulfonamides is 1. The second-order valence-corrected chi connectivity index (χ2v) is 13.2. The first-order valence-electron chi connectivity index (χ1n) is 11.3. The van der Waals surface area contributed by atoms with Crippen molar-refractivity contribution in [1.29, 1.82) is 0 Å². The van der Waals surface area contributed by atoms with E-state index >= 15 is 0 Å². The Hall–Kier alpha value is -2.57. The second kappa shape index (κ2) is 10.4. The summed E-state index contributed by atoms with van der Waals surface area (Å²) in [4.78, 5) is 24.7. The smallest absolute Gasteiger partial charge is 0.252 e. The van der Waals surface area contributed by atoms with Crippen LogP contribution in [-0.4, -0.2) is 48.8 Å². The molecule has 1 atom stereocenters. The number of carbonyl (C=O) groups excluding carboxylic acids is 1. The Morgan fingerprint density at radius 3 is 2.81 bits per heavy atom. The molecule has 4 aromatic rings. The number of methoxy groups -OCH3 is 1. The molecule has 1 aliphatic rings. The first-order valence-corrected chi connectivity index (χ1v) is 14.7. The molecule has 1 fully saturated rings. The first-order chi connectivity index (χ1) is 17.3. The van der Waals surface area contributed by atoms with Gasteiger partial charge in [0, 0.05) is 25.4 Å². The molecule has 1 saturated heterocycles. The number of hydrogen-bond donors (Lipinski definition) is 0. The topological polar surface area (TPSA) is 92.7 Å². The minimum atomic E-state index is -3.73. The van der Waals surface area contributed by atoms with E-state index in [1.807, 2.05) is 36.4 Å². The van der Waals surface area contributed by atoms with Crippen LogP contribution in [0.25, 0.3) is 10.2 Å². The van der Waals surface area contributed by atoms with E-state index in [1.54, 1.807) is 24.3 Å². The number of rotatable bonds is 7. The van der Waals surface area contributed by atoms with E-state index in [1.165, 1.54) is 21.7 Å². The molecule has 8 nitrogen and oxygen atoms in total. The lowest BCUT2D eigenvalue weighted by Crippen LogP contribution is -2.46. The van der Waals surface area contributed by atoms with Gasteiger partial charge in [-0.25, -0.2) is 13.4 Å². The molecule has 0 spiro atoms. The van der Waals surface area contributed by atoms with Crippen molar-refractivity contribution in [3.8, 4) is 5.75 Å². The summed E-state index contributed by atoms with van der Waals surface area (Å²) in [6, 6.07) is 14.2. The Morgan fingerprint density at radius 1 is 1.22 bits per heavy atom. The maximum Gasteiger partial charge on any atom is 0.252 e. The van der Waals surface area contributed by atoms with Gasteiger partial charge in [-0.05, 0) is 49.2 Å². The van der Waals surface area contributed by atoms with Gasteiger partial charge in [0.05, 0.1) is 39.8 Å². The van der Waals surface area contributed by atoms with Crippen LogP contribution in [0.2, 0.25) is 4.34 Å². The highest BCUT2D eigenvalue weighted by molar-refractivity contribution is 7.91. The normalized spacial score (nSPS) is 16.8. The SMILES string of the molecule is COc1ccc2sc(N(Cc3ccccn3)C(=O)C3CCCN(S(=O)(=O)c4ccc(Cl)s4)C3)nc2c1. The zero-order valence-corrected chi connectivity index (χ0v) is 22.5. The number of aromatic nitrogens is 2. The summed E-state index contributed by atoms with van der Waals surface area (Å²) >= 11 is 8.41. The fourth-order valence-electron chi connectivity index (χ4n) is 4.18. The van der Waals surface area contributed by atoms with Crippen molar-refractivity contribution < 1.29 is 17.9 Å². The largest absolute Gasteiger partial charge is 0.497 e. The van der Waals surface area contributed by atoms with Crippen molar-refractivity contribution in [2.75, 3.05) is 25.1 Å². The van der Waals surface area contributed by atoms with Crippen LogP contribution in [0.3, 0.4) is 0 Å². The molecule has 0 radical (unpaired) electrons. The van der Waals surface area contributed by atoms with Gasteiger partial charge in [0.15, 0.2) is 5.13 Å². The van der Waals surface area contributed by atoms with Crippen LogP contribution in [0, 0.1) is 5.92 Å². The zero-order chi connectivity index (χ0) is 25.3. The lowest BCUT2D eigenvalue weighted by molar-refractivity contribution is -0.123. The summed E-state index contributed by atoms with van der Waals surface area (Å²) in [5.41, 5.74) is 1.45. The van der Waals surface area contributed by atoms with Crippen molar-refractivity contribution in [2.45, 2.75) is 23.6 Å². The van der Waals surface area contributed by atoms with Crippen molar-refractivity contribution >= 4 is 65.6 Å². The number of benzene rings is 1. The molecule has 4 heterocycles. The Balaban J connectivity index is 1.45. The standard InChI is InChI=1S/C24H23ClN4O4S3/c1-33-18-7-8-20-19(13-18)27-24(34-20)29(15-17-6-2-3-11-26-17)23(30)16-5-4-12-28(14-16)36(31,32)22-10-9-21(25)35-22/h2-3,6-11,13,16H,4-5,12,14-15H2,1H3. The van der Waals surface area contributed by atoms with E-state index < -0.39 is 15.9 Å². The third kappa shape index (κ3) is 5.12. The molecule has 12 heteroatoms. The number of halogens is 1. The van der Waals surface area contributed by atoms with Gasteiger partial charge in [-0.3, -0.25) is 14.7 Å². The number of pyridine rings is 1. The lowest BCUT2D eigenvalue weighted by atomic mass is 9.98. The van der Waals surface area contributed by atoms with Crippen LogP contribution < -0.4 is 9.64 Å². The zero-order valence-electron chi connectivity index (χ0n) is 19.3. The molecule has 36 heavy (non-hydrogen) atoms. The molecule has 188 valence electrons. The molecular weight excluding hydrogens is 540 g/mol. The van der Waals surface area contributed by atoms with Gasteiger partial charge in [-0.2, -0.15) is 4.31 Å². The quantitative estimate of drug-likeness (QED) is 0.313. The van der Waals surface area contributed by atoms with E-state index in [2.05, 4.69) is 4.98 Å². The number of nitrogens with zero attached hydrogens (tertiary/aromatic N) is 4. The molecule has 1 unspecified atom stereocenters. The molecule has 0 aliphatic carbocycles. The summed E-state index contributed by atoms with van der Waals surface area (Å²) in [7, 11) is -2.13. The fraction of sp³-hybridized carbons (Fsp3) is 0.292. The molecule has 1 aromatic carbocycles. The number of amides is 1. The molecule has 0 N–H and O–H groups in total. The molecule has 1 aliphatic heterocycles. The average molecular weight is 563 g/mol. The van der Waals surface area contributed by atoms with Crippen molar-refractivity contribution in [3.63, 3.8) is 0 Å². The molecule has 0 saturated carbocycles. The number of thiophene rings is 1. The van der Waals surface area contributed by atoms with Crippen LogP contribution in [0.1, 0.15) is 18.5 Å². The predicted molar refractivity (Wildman–Crippen MR) is 142 cm³/mol. The van der Waals surface area contributed by atoms with E-state index in [-0.39, 0.29) is 23.2 Å². The lowest BCUT2D eigenvalue weighted by Gasteiger charge is -2.33. The number of thiazole rings is 1. The first kappa shape index (κ1) is 25.1. The predicted octanol–water partition coefficient (Wildman–Crippen LogP) is 5.05. The van der Waals surface area contributed by atoms with Crippen LogP contribution in [-0.2, 0) is 21.4 Å². The van der Waals surface area contributed by atoms with E-state index in [4.69, 9.17) is 21.3 Å². The highest BCUT2D eigenvalue weighted by Crippen LogP contribution is 2.35. The van der Waals surface area contributed by atoms with Gasteiger partial charge < -0.3 is 4.74 Å². The maximum absolute atomic E-state index is 13.9. The van der Waals surface area contributed by atoms with Crippen LogP contribution in [0.5, 0.6) is 5.75 Å². The Bertz CT molecular complexity index is 1490. The highest BCUT2D eigenvalue weighted by atomic mass is 35.5. The monoisotopic (exact) mass is 562 g/mol. The van der Waals surface area contributed by atoms with Crippen molar-refractivity contribution in [2.24, 2.45) is 5.92 Å². The molecule has 1 amide bonds. The van der Waals surface area contributed by atoms with Gasteiger partial charge in [-0.15, -0.1) is 11.3 Å². The number of fused-ring (bicyclic) bond motifs is 1. The summed E-state index contributed by atoms with van der Waals surface area (Å²) in [6.45, 7) is 0.706. The maximum atomic E-state index is 13.9. The minimum absolute atomic E-state index is 0.105. The number of ether oxygens (including phenoxy) is 1. The Kier molecular flexibility index (Phi) is 7.27. The van der Waals surface area contributed by atoms with E-state index in [0.29, 0.717) is 34.6 Å². The van der Waals surface area contributed by atoms with Crippen LogP contribution in [0.4, 0.5) is 5.13 Å². The average Bonchev–Trinajstić information content (AvgIpc) is 3.53. The summed E-state index contributed by atoms with van der Waals surface area (Å²) in [5.74, 6) is 0.00812. The summed E-state index contributed by atoms with van der Waals surface area (Å²) in [5, 5.41) is 0.541. The van der Waals surface area contributed by atoms with Crippen LogP contribution in [0.15, 0.2) is 58.9 Å². The van der Waals surface area contributed by atoms with E-state index in [9.17, 15) is 13.2 Å². The minimum Gasteiger partial charge on any atom is -0.497 e. The Morgan fingerprint density at radius 2 is 2.08 bits per heavy atom. The fourth-order valence-corrected chi connectivity index (χ4v) is 8.29. The molecule has 3 aromatic heterocycles. The molecule has 5 rings (SSSR count). The van der Waals surface area contributed by atoms with Crippen molar-refractivity contribution in [1.82, 2.24) is 14.3 Å². The third-order valence-corrected chi connectivity index (χ3v) is 10.6. The van der Waals surface area contributed by atoms with Gasteiger partial charge in [-0.1, -0.05) is 29.0 Å². The van der Waals surface area contributed by atoms with Gasteiger partial charge in [0.1, 0.15) is 9.96 Å². The van der Waals surface area contributed by atoms with Crippen LogP contribution >= 0.6 is 34.3 Å². The highest BCUT2D eigenvalue weighted by Gasteiger charge is 2.37. The number of anilines is 1. The number of carbonyl (C=O) groups is 1. The number of hydrogen-bond acceptors (Lipinski definition) is 8. The summed E-state index contributed by atoms with van der Waals surface area (Å²) in [6.07, 6.45) is 2.86. The Labute approximate surface area is 222 Å². The molecule has 0 bridgehead atoms. The van der Waals surface area contributed by atoms with Gasteiger partial charge >= 0.3 is 0 Å².